The molecule has 2 aliphatic rings. The summed E-state index contributed by atoms with van der Waals surface area (Å²) >= 11 is 12.8. The molecule has 1 aromatic heterocycles. The monoisotopic (exact) mass is 494 g/mol. The number of carbonyl (C=O) groups excluding carboxylic acids is 1. The molecule has 5 heteroatoms. The Bertz CT molecular complexity index is 1180. The summed E-state index contributed by atoms with van der Waals surface area (Å²) < 4.78 is 0. The number of para-hydroxylation sites is 1. The molecule has 0 atom stereocenters. The zero-order valence-corrected chi connectivity index (χ0v) is 21.3. The van der Waals surface area contributed by atoms with Crippen LogP contribution in [0.2, 0.25) is 10.0 Å². The van der Waals surface area contributed by atoms with Crippen LogP contribution in [0, 0.1) is 6.92 Å². The second kappa shape index (κ2) is 10.3. The molecule has 2 fully saturated rings. The molecule has 0 bridgehead atoms. The topological polar surface area (TPSA) is 33.2 Å². The highest BCUT2D eigenvalue weighted by molar-refractivity contribution is 6.36. The molecule has 178 valence electrons. The van der Waals surface area contributed by atoms with Gasteiger partial charge in [-0.15, -0.1) is 0 Å². The molecular weight excluding hydrogens is 463 g/mol. The number of hydrogen-bond donors (Lipinski definition) is 0. The van der Waals surface area contributed by atoms with Crippen molar-refractivity contribution in [3.05, 3.63) is 63.6 Å². The van der Waals surface area contributed by atoms with Gasteiger partial charge in [0.1, 0.15) is 0 Å². The van der Waals surface area contributed by atoms with Crippen LogP contribution in [0.5, 0.6) is 0 Å². The van der Waals surface area contributed by atoms with Crippen molar-refractivity contribution in [1.29, 1.82) is 0 Å². The fourth-order valence-electron chi connectivity index (χ4n) is 6.00. The smallest absolute Gasteiger partial charge is 0.255 e. The molecule has 0 N–H and O–H groups in total. The van der Waals surface area contributed by atoms with Gasteiger partial charge in [-0.3, -0.25) is 4.79 Å². The molecule has 34 heavy (non-hydrogen) atoms. The van der Waals surface area contributed by atoms with Crippen molar-refractivity contribution in [2.45, 2.75) is 83.2 Å². The zero-order valence-electron chi connectivity index (χ0n) is 19.8. The van der Waals surface area contributed by atoms with E-state index in [-0.39, 0.29) is 5.91 Å². The molecule has 2 aliphatic carbocycles. The lowest BCUT2D eigenvalue weighted by Gasteiger charge is -2.42. The molecule has 2 saturated carbocycles. The molecule has 0 radical (unpaired) electrons. The van der Waals surface area contributed by atoms with Crippen LogP contribution < -0.4 is 0 Å². The normalized spacial score (nSPS) is 17.7. The molecule has 0 aliphatic heterocycles. The van der Waals surface area contributed by atoms with Crippen LogP contribution in [0.15, 0.2) is 42.5 Å². The van der Waals surface area contributed by atoms with Crippen LogP contribution in [-0.4, -0.2) is 27.9 Å². The molecule has 2 aromatic carbocycles. The minimum atomic E-state index is 0.168. The van der Waals surface area contributed by atoms with E-state index in [1.54, 1.807) is 6.07 Å². The molecule has 0 unspecified atom stereocenters. The van der Waals surface area contributed by atoms with Gasteiger partial charge in [-0.2, -0.15) is 0 Å². The van der Waals surface area contributed by atoms with Gasteiger partial charge in [0.2, 0.25) is 0 Å². The minimum absolute atomic E-state index is 0.168. The van der Waals surface area contributed by atoms with E-state index in [1.807, 2.05) is 43.3 Å². The molecule has 5 rings (SSSR count). The first-order valence-electron chi connectivity index (χ1n) is 12.7. The van der Waals surface area contributed by atoms with E-state index < -0.39 is 0 Å². The minimum Gasteiger partial charge on any atom is -0.333 e. The van der Waals surface area contributed by atoms with Gasteiger partial charge in [-0.25, -0.2) is 4.98 Å². The summed E-state index contributed by atoms with van der Waals surface area (Å²) in [6, 6.07) is 14.1. The number of aromatic nitrogens is 1. The van der Waals surface area contributed by atoms with E-state index >= 15 is 0 Å². The van der Waals surface area contributed by atoms with Gasteiger partial charge in [0, 0.05) is 28.1 Å². The third-order valence-electron chi connectivity index (χ3n) is 7.71. The highest BCUT2D eigenvalue weighted by Gasteiger charge is 2.35. The number of rotatable bonds is 4. The summed E-state index contributed by atoms with van der Waals surface area (Å²) in [4.78, 5) is 21.8. The van der Waals surface area contributed by atoms with Crippen LogP contribution in [0.4, 0.5) is 0 Å². The summed E-state index contributed by atoms with van der Waals surface area (Å²) in [6.07, 6.45) is 11.8. The Morgan fingerprint density at radius 3 is 2.12 bits per heavy atom. The largest absolute Gasteiger partial charge is 0.333 e. The van der Waals surface area contributed by atoms with Crippen molar-refractivity contribution in [2.24, 2.45) is 0 Å². The third kappa shape index (κ3) is 4.57. The molecule has 3 aromatic rings. The number of fused-ring (bicyclic) bond motifs is 1. The predicted molar refractivity (Wildman–Crippen MR) is 142 cm³/mol. The van der Waals surface area contributed by atoms with Crippen molar-refractivity contribution in [3.8, 4) is 11.3 Å². The fraction of sp³-hybridized carbons (Fsp3) is 0.448. The fourth-order valence-corrected chi connectivity index (χ4v) is 6.50. The van der Waals surface area contributed by atoms with E-state index in [0.29, 0.717) is 22.1 Å². The maximum absolute atomic E-state index is 14.5. The molecule has 1 heterocycles. The van der Waals surface area contributed by atoms with Crippen LogP contribution in [0.1, 0.15) is 80.1 Å². The third-order valence-corrected chi connectivity index (χ3v) is 8.25. The lowest BCUT2D eigenvalue weighted by Crippen LogP contribution is -2.49. The number of amides is 1. The Hall–Kier alpha value is -2.10. The van der Waals surface area contributed by atoms with Crippen molar-refractivity contribution in [3.63, 3.8) is 0 Å². The van der Waals surface area contributed by atoms with E-state index in [0.717, 1.165) is 59.0 Å². The number of benzene rings is 2. The number of halogens is 2. The number of hydrogen-bond acceptors (Lipinski definition) is 2. The first-order chi connectivity index (χ1) is 16.5. The number of nitrogens with zero attached hydrogens (tertiary/aromatic N) is 2. The Balaban J connectivity index is 1.67. The summed E-state index contributed by atoms with van der Waals surface area (Å²) in [5.74, 6) is 0.168. The van der Waals surface area contributed by atoms with Crippen molar-refractivity contribution in [1.82, 2.24) is 9.88 Å². The van der Waals surface area contributed by atoms with Gasteiger partial charge >= 0.3 is 0 Å². The summed E-state index contributed by atoms with van der Waals surface area (Å²) in [6.45, 7) is 2.02. The van der Waals surface area contributed by atoms with E-state index in [4.69, 9.17) is 28.2 Å². The van der Waals surface area contributed by atoms with Gasteiger partial charge in [0.15, 0.2) is 0 Å². The van der Waals surface area contributed by atoms with Crippen molar-refractivity contribution >= 4 is 40.0 Å². The van der Waals surface area contributed by atoms with Crippen LogP contribution >= 0.6 is 23.2 Å². The second-order valence-corrected chi connectivity index (χ2v) is 10.7. The van der Waals surface area contributed by atoms with E-state index in [2.05, 4.69) is 4.90 Å². The van der Waals surface area contributed by atoms with Gasteiger partial charge < -0.3 is 4.90 Å². The van der Waals surface area contributed by atoms with Gasteiger partial charge in [0.05, 0.1) is 21.8 Å². The average Bonchev–Trinajstić information content (AvgIpc) is 2.85. The van der Waals surface area contributed by atoms with Gasteiger partial charge in [-0.05, 0) is 62.4 Å². The number of carbonyl (C=O) groups is 1. The molecule has 1 amide bonds. The number of pyridine rings is 1. The summed E-state index contributed by atoms with van der Waals surface area (Å²) in [5.41, 5.74) is 4.07. The first kappa shape index (κ1) is 23.6. The van der Waals surface area contributed by atoms with Crippen molar-refractivity contribution < 1.29 is 4.79 Å². The highest BCUT2D eigenvalue weighted by atomic mass is 35.5. The summed E-state index contributed by atoms with van der Waals surface area (Å²) in [5, 5.41) is 2.06. The average molecular weight is 495 g/mol. The Kier molecular flexibility index (Phi) is 7.13. The standard InChI is InChI=1S/C29H32Cl2N2O/c1-19-27(29(34)33(21-10-4-2-5-11-21)22-12-6-3-7-13-22)24-14-8-9-15-26(24)32-28(19)23-17-16-20(30)18-25(23)31/h8-9,14-18,21-22H,2-7,10-13H2,1H3. The first-order valence-corrected chi connectivity index (χ1v) is 13.5. The second-order valence-electron chi connectivity index (χ2n) is 9.90. The zero-order chi connectivity index (χ0) is 23.7. The van der Waals surface area contributed by atoms with Gasteiger partial charge in [0.25, 0.3) is 5.91 Å². The van der Waals surface area contributed by atoms with Gasteiger partial charge in [-0.1, -0.05) is 79.9 Å². The van der Waals surface area contributed by atoms with E-state index in [9.17, 15) is 4.79 Å². The SMILES string of the molecule is Cc1c(-c2ccc(Cl)cc2Cl)nc2ccccc2c1C(=O)N(C1CCCCC1)C1CCCCC1. The van der Waals surface area contributed by atoms with Crippen LogP contribution in [0.3, 0.4) is 0 Å². The maximum Gasteiger partial charge on any atom is 0.255 e. The van der Waals surface area contributed by atoms with Crippen LogP contribution in [-0.2, 0) is 0 Å². The Labute approximate surface area is 212 Å². The van der Waals surface area contributed by atoms with E-state index in [1.165, 1.54) is 38.5 Å². The quantitative estimate of drug-likeness (QED) is 0.363. The summed E-state index contributed by atoms with van der Waals surface area (Å²) in [7, 11) is 0. The van der Waals surface area contributed by atoms with Crippen molar-refractivity contribution in [2.75, 3.05) is 0 Å². The molecule has 3 nitrogen and oxygen atoms in total. The molecule has 0 spiro atoms. The molecular formula is C29H32Cl2N2O. The molecule has 0 saturated heterocycles. The highest BCUT2D eigenvalue weighted by Crippen LogP contribution is 2.38. The van der Waals surface area contributed by atoms with Crippen LogP contribution in [0.25, 0.3) is 22.2 Å². The Morgan fingerprint density at radius 1 is 0.882 bits per heavy atom. The maximum atomic E-state index is 14.5. The predicted octanol–water partition coefficient (Wildman–Crippen LogP) is 8.62. The lowest BCUT2D eigenvalue weighted by atomic mass is 9.87. The Morgan fingerprint density at radius 2 is 1.50 bits per heavy atom. The lowest BCUT2D eigenvalue weighted by molar-refractivity contribution is 0.0450.